The number of amides is 4. The van der Waals surface area contributed by atoms with Crippen LogP contribution in [-0.2, 0) is 9.59 Å². The molecule has 1 aromatic carbocycles. The van der Waals surface area contributed by atoms with E-state index in [1.807, 2.05) is 19.9 Å². The topological polar surface area (TPSA) is 75.7 Å². The lowest BCUT2D eigenvalue weighted by molar-refractivity contribution is -0.129. The van der Waals surface area contributed by atoms with Crippen molar-refractivity contribution in [2.75, 3.05) is 6.54 Å². The molecule has 1 aromatic rings. The molecule has 4 amide bonds. The molecule has 1 aliphatic heterocycles. The summed E-state index contributed by atoms with van der Waals surface area (Å²) in [6.07, 6.45) is 3.69. The van der Waals surface area contributed by atoms with Crippen LogP contribution in [0.25, 0.3) is 6.08 Å². The van der Waals surface area contributed by atoms with Gasteiger partial charge in [-0.25, -0.2) is 4.79 Å². The Kier molecular flexibility index (Phi) is 5.52. The minimum Gasteiger partial charge on any atom is -0.490 e. The zero-order chi connectivity index (χ0) is 17.7. The van der Waals surface area contributed by atoms with Crippen molar-refractivity contribution in [2.45, 2.75) is 26.4 Å². The molecule has 0 saturated carbocycles. The van der Waals surface area contributed by atoms with Crippen LogP contribution in [0.5, 0.6) is 5.75 Å². The second kappa shape index (κ2) is 7.59. The van der Waals surface area contributed by atoms with E-state index >= 15 is 0 Å². The molecule has 0 spiro atoms. The SMILES string of the molecule is C=CCN1C(=O)NC(=O)/C(=C/c2ccccc2O[C@@H](C)CC)C1=O. The van der Waals surface area contributed by atoms with E-state index in [4.69, 9.17) is 4.74 Å². The van der Waals surface area contributed by atoms with Crippen LogP contribution in [0.3, 0.4) is 0 Å². The summed E-state index contributed by atoms with van der Waals surface area (Å²) >= 11 is 0. The molecule has 1 heterocycles. The van der Waals surface area contributed by atoms with Gasteiger partial charge >= 0.3 is 6.03 Å². The first kappa shape index (κ1) is 17.5. The number of carbonyl (C=O) groups excluding carboxylic acids is 3. The minimum atomic E-state index is -0.744. The quantitative estimate of drug-likeness (QED) is 0.494. The first-order valence-corrected chi connectivity index (χ1v) is 7.73. The van der Waals surface area contributed by atoms with E-state index in [0.29, 0.717) is 11.3 Å². The summed E-state index contributed by atoms with van der Waals surface area (Å²) in [5, 5.41) is 2.16. The van der Waals surface area contributed by atoms with Gasteiger partial charge in [0.25, 0.3) is 11.8 Å². The Morgan fingerprint density at radius 3 is 2.67 bits per heavy atom. The van der Waals surface area contributed by atoms with E-state index in [9.17, 15) is 14.4 Å². The number of nitrogens with zero attached hydrogens (tertiary/aromatic N) is 1. The van der Waals surface area contributed by atoms with Crippen molar-refractivity contribution in [1.82, 2.24) is 10.2 Å². The lowest BCUT2D eigenvalue weighted by atomic mass is 10.1. The van der Waals surface area contributed by atoms with Crippen molar-refractivity contribution in [3.05, 3.63) is 48.1 Å². The second-order valence-corrected chi connectivity index (χ2v) is 5.40. The molecule has 1 aliphatic rings. The molecule has 1 saturated heterocycles. The van der Waals surface area contributed by atoms with Crippen molar-refractivity contribution < 1.29 is 19.1 Å². The third-order valence-electron chi connectivity index (χ3n) is 3.62. The number of hydrogen-bond donors (Lipinski definition) is 1. The lowest BCUT2D eigenvalue weighted by Crippen LogP contribution is -2.54. The van der Waals surface area contributed by atoms with Crippen LogP contribution in [0.2, 0.25) is 0 Å². The van der Waals surface area contributed by atoms with E-state index < -0.39 is 17.8 Å². The van der Waals surface area contributed by atoms with Crippen LogP contribution < -0.4 is 10.1 Å². The van der Waals surface area contributed by atoms with Crippen LogP contribution in [0.1, 0.15) is 25.8 Å². The Hall–Kier alpha value is -2.89. The van der Waals surface area contributed by atoms with Gasteiger partial charge in [0.15, 0.2) is 0 Å². The molecule has 0 aromatic heterocycles. The molecule has 1 atom stereocenters. The molecule has 1 fully saturated rings. The summed E-state index contributed by atoms with van der Waals surface area (Å²) in [6, 6.07) is 6.38. The van der Waals surface area contributed by atoms with Crippen molar-refractivity contribution >= 4 is 23.9 Å². The van der Waals surface area contributed by atoms with Crippen LogP contribution in [0.4, 0.5) is 4.79 Å². The Morgan fingerprint density at radius 1 is 1.29 bits per heavy atom. The second-order valence-electron chi connectivity index (χ2n) is 5.40. The third-order valence-corrected chi connectivity index (χ3v) is 3.62. The van der Waals surface area contributed by atoms with Gasteiger partial charge < -0.3 is 4.74 Å². The highest BCUT2D eigenvalue weighted by Gasteiger charge is 2.35. The van der Waals surface area contributed by atoms with Gasteiger partial charge in [0.05, 0.1) is 6.10 Å². The van der Waals surface area contributed by atoms with E-state index in [1.54, 1.807) is 18.2 Å². The zero-order valence-electron chi connectivity index (χ0n) is 13.7. The third kappa shape index (κ3) is 3.71. The van der Waals surface area contributed by atoms with Gasteiger partial charge in [-0.05, 0) is 25.5 Å². The highest BCUT2D eigenvalue weighted by molar-refractivity contribution is 6.31. The van der Waals surface area contributed by atoms with Gasteiger partial charge in [-0.15, -0.1) is 6.58 Å². The van der Waals surface area contributed by atoms with Crippen molar-refractivity contribution in [3.8, 4) is 5.75 Å². The molecule has 126 valence electrons. The summed E-state index contributed by atoms with van der Waals surface area (Å²) in [4.78, 5) is 37.1. The molecule has 24 heavy (non-hydrogen) atoms. The molecular weight excluding hydrogens is 308 g/mol. The number of nitrogens with one attached hydrogen (secondary N) is 1. The highest BCUT2D eigenvalue weighted by atomic mass is 16.5. The number of benzene rings is 1. The maximum atomic E-state index is 12.4. The standard InChI is InChI=1S/C18H20N2O4/c1-4-10-20-17(22)14(16(21)19-18(20)23)11-13-8-6-7-9-15(13)24-12(3)5-2/h4,6-9,11-12H,1,5,10H2,2-3H3,(H,19,21,23)/b14-11-/t12-/m0/s1. The number of ether oxygens (including phenoxy) is 1. The summed E-state index contributed by atoms with van der Waals surface area (Å²) in [7, 11) is 0. The first-order valence-electron chi connectivity index (χ1n) is 7.73. The normalized spacial score (nSPS) is 17.7. The van der Waals surface area contributed by atoms with Gasteiger partial charge in [0.2, 0.25) is 0 Å². The summed E-state index contributed by atoms with van der Waals surface area (Å²) in [5.41, 5.74) is 0.487. The van der Waals surface area contributed by atoms with Gasteiger partial charge in [-0.1, -0.05) is 31.2 Å². The zero-order valence-corrected chi connectivity index (χ0v) is 13.7. The molecule has 0 bridgehead atoms. The maximum Gasteiger partial charge on any atom is 0.331 e. The van der Waals surface area contributed by atoms with Crippen LogP contribution in [0, 0.1) is 0 Å². The molecule has 1 N–H and O–H groups in total. The smallest absolute Gasteiger partial charge is 0.331 e. The predicted octanol–water partition coefficient (Wildman–Crippen LogP) is 2.51. The van der Waals surface area contributed by atoms with Crippen LogP contribution >= 0.6 is 0 Å². The average molecular weight is 328 g/mol. The molecule has 0 aliphatic carbocycles. The van der Waals surface area contributed by atoms with Crippen molar-refractivity contribution in [3.63, 3.8) is 0 Å². The number of carbonyl (C=O) groups is 3. The lowest BCUT2D eigenvalue weighted by Gasteiger charge is -2.25. The largest absolute Gasteiger partial charge is 0.490 e. The molecule has 2 rings (SSSR count). The van der Waals surface area contributed by atoms with Crippen LogP contribution in [0.15, 0.2) is 42.5 Å². The predicted molar refractivity (Wildman–Crippen MR) is 90.2 cm³/mol. The number of imide groups is 2. The summed E-state index contributed by atoms with van der Waals surface area (Å²) < 4.78 is 5.82. The maximum absolute atomic E-state index is 12.4. The van der Waals surface area contributed by atoms with Gasteiger partial charge in [-0.3, -0.25) is 19.8 Å². The fraction of sp³-hybridized carbons (Fsp3) is 0.278. The van der Waals surface area contributed by atoms with E-state index in [-0.39, 0.29) is 18.2 Å². The number of hydrogen-bond acceptors (Lipinski definition) is 4. The average Bonchev–Trinajstić information content (AvgIpc) is 2.56. The molecule has 0 unspecified atom stereocenters. The number of urea groups is 1. The van der Waals surface area contributed by atoms with Gasteiger partial charge in [-0.2, -0.15) is 0 Å². The minimum absolute atomic E-state index is 0.000670. The van der Waals surface area contributed by atoms with E-state index in [1.165, 1.54) is 12.2 Å². The van der Waals surface area contributed by atoms with Crippen LogP contribution in [-0.4, -0.2) is 35.4 Å². The number of rotatable bonds is 6. The first-order chi connectivity index (χ1) is 11.5. The van der Waals surface area contributed by atoms with Crippen molar-refractivity contribution in [1.29, 1.82) is 0 Å². The fourth-order valence-corrected chi connectivity index (χ4v) is 2.15. The van der Waals surface area contributed by atoms with Gasteiger partial charge in [0.1, 0.15) is 11.3 Å². The summed E-state index contributed by atoms with van der Waals surface area (Å²) in [5.74, 6) is -0.794. The number of barbiturate groups is 1. The summed E-state index contributed by atoms with van der Waals surface area (Å²) in [6.45, 7) is 7.48. The molecular formula is C18H20N2O4. The van der Waals surface area contributed by atoms with Gasteiger partial charge in [0, 0.05) is 12.1 Å². The monoisotopic (exact) mass is 328 g/mol. The molecule has 6 nitrogen and oxygen atoms in total. The number of para-hydroxylation sites is 1. The Morgan fingerprint density at radius 2 is 2.00 bits per heavy atom. The van der Waals surface area contributed by atoms with E-state index in [0.717, 1.165) is 11.3 Å². The Balaban J connectivity index is 2.39. The highest BCUT2D eigenvalue weighted by Crippen LogP contribution is 2.24. The Labute approximate surface area is 140 Å². The van der Waals surface area contributed by atoms with E-state index in [2.05, 4.69) is 11.9 Å². The molecule has 0 radical (unpaired) electrons. The van der Waals surface area contributed by atoms with Crippen molar-refractivity contribution in [2.24, 2.45) is 0 Å². The fourth-order valence-electron chi connectivity index (χ4n) is 2.15. The Bertz CT molecular complexity index is 709. The molecule has 6 heteroatoms.